The number of carbonyl (C=O) groups excluding carboxylic acids is 1. The summed E-state index contributed by atoms with van der Waals surface area (Å²) in [6.07, 6.45) is 4.14. The molecule has 0 saturated carbocycles. The highest BCUT2D eigenvalue weighted by Crippen LogP contribution is 2.37. The van der Waals surface area contributed by atoms with Crippen LogP contribution >= 0.6 is 23.1 Å². The summed E-state index contributed by atoms with van der Waals surface area (Å²) in [6, 6.07) is 22.1. The van der Waals surface area contributed by atoms with Gasteiger partial charge in [0.25, 0.3) is 0 Å². The monoisotopic (exact) mass is 471 g/mol. The zero-order valence-electron chi connectivity index (χ0n) is 17.8. The third kappa shape index (κ3) is 4.42. The number of benzene rings is 2. The van der Waals surface area contributed by atoms with Gasteiger partial charge in [-0.2, -0.15) is 5.26 Å². The number of nitrogens with one attached hydrogen (secondary N) is 1. The van der Waals surface area contributed by atoms with E-state index in [2.05, 4.69) is 21.6 Å². The van der Waals surface area contributed by atoms with Crippen LogP contribution in [0.3, 0.4) is 0 Å². The quantitative estimate of drug-likeness (QED) is 0.377. The molecule has 0 saturated heterocycles. The molecular weight excluding hydrogens is 450 g/mol. The maximum Gasteiger partial charge on any atom is 0.235 e. The van der Waals surface area contributed by atoms with Crippen molar-refractivity contribution in [2.45, 2.75) is 30.8 Å². The lowest BCUT2D eigenvalue weighted by Gasteiger charge is -2.10. The molecule has 0 bridgehead atoms. The molecule has 6 nitrogen and oxygen atoms in total. The lowest BCUT2D eigenvalue weighted by molar-refractivity contribution is -0.113. The Morgan fingerprint density at radius 2 is 1.79 bits per heavy atom. The Morgan fingerprint density at radius 1 is 1.06 bits per heavy atom. The van der Waals surface area contributed by atoms with E-state index in [-0.39, 0.29) is 11.7 Å². The molecule has 4 aromatic rings. The van der Waals surface area contributed by atoms with Crippen molar-refractivity contribution in [1.29, 1.82) is 5.26 Å². The average molecular weight is 472 g/mol. The number of aryl methyl sites for hydroxylation is 1. The largest absolute Gasteiger partial charge is 0.316 e. The van der Waals surface area contributed by atoms with Crippen molar-refractivity contribution in [1.82, 2.24) is 14.8 Å². The molecule has 0 atom stereocenters. The second kappa shape index (κ2) is 9.61. The van der Waals surface area contributed by atoms with E-state index in [9.17, 15) is 10.1 Å². The minimum atomic E-state index is -0.154. The van der Waals surface area contributed by atoms with E-state index in [0.29, 0.717) is 15.7 Å². The summed E-state index contributed by atoms with van der Waals surface area (Å²) in [7, 11) is 0. The number of hydrogen-bond donors (Lipinski definition) is 1. The molecule has 8 heteroatoms. The van der Waals surface area contributed by atoms with Gasteiger partial charge in [0.1, 0.15) is 11.1 Å². The summed E-state index contributed by atoms with van der Waals surface area (Å²) in [5.41, 5.74) is 3.63. The van der Waals surface area contributed by atoms with Gasteiger partial charge >= 0.3 is 0 Å². The van der Waals surface area contributed by atoms with Crippen molar-refractivity contribution in [3.63, 3.8) is 0 Å². The van der Waals surface area contributed by atoms with Crippen LogP contribution in [0.15, 0.2) is 65.8 Å². The minimum Gasteiger partial charge on any atom is -0.316 e. The summed E-state index contributed by atoms with van der Waals surface area (Å²) < 4.78 is 1.97. The molecule has 2 heterocycles. The molecule has 0 aliphatic heterocycles. The third-order valence-corrected chi connectivity index (χ3v) is 7.68. The Labute approximate surface area is 200 Å². The molecule has 0 spiro atoms. The van der Waals surface area contributed by atoms with Crippen LogP contribution in [-0.4, -0.2) is 26.4 Å². The average Bonchev–Trinajstić information content (AvgIpc) is 3.44. The molecule has 0 unspecified atom stereocenters. The second-order valence-corrected chi connectivity index (χ2v) is 9.75. The molecule has 0 radical (unpaired) electrons. The SMILES string of the molecule is N#Cc1c(NC(=O)CSc2nnc(-c3ccccc3)n2-c2ccccc2)sc2c1CCCC2. The van der Waals surface area contributed by atoms with Gasteiger partial charge < -0.3 is 5.32 Å². The van der Waals surface area contributed by atoms with Crippen LogP contribution in [0.25, 0.3) is 17.1 Å². The van der Waals surface area contributed by atoms with Crippen LogP contribution < -0.4 is 5.32 Å². The predicted molar refractivity (Wildman–Crippen MR) is 132 cm³/mol. The Kier molecular flexibility index (Phi) is 6.24. The van der Waals surface area contributed by atoms with Crippen LogP contribution in [0.2, 0.25) is 0 Å². The number of thioether (sulfide) groups is 1. The van der Waals surface area contributed by atoms with Crippen molar-refractivity contribution in [2.24, 2.45) is 0 Å². The lowest BCUT2D eigenvalue weighted by Crippen LogP contribution is -2.14. The summed E-state index contributed by atoms with van der Waals surface area (Å²) in [4.78, 5) is 14.0. The Hall–Kier alpha value is -3.41. The number of fused-ring (bicyclic) bond motifs is 1. The number of amides is 1. The Bertz CT molecular complexity index is 1320. The van der Waals surface area contributed by atoms with Crippen molar-refractivity contribution in [2.75, 3.05) is 11.1 Å². The van der Waals surface area contributed by atoms with Crippen molar-refractivity contribution < 1.29 is 4.79 Å². The van der Waals surface area contributed by atoms with Crippen molar-refractivity contribution in [3.8, 4) is 23.1 Å². The van der Waals surface area contributed by atoms with Crippen molar-refractivity contribution in [3.05, 3.63) is 76.7 Å². The maximum absolute atomic E-state index is 12.8. The summed E-state index contributed by atoms with van der Waals surface area (Å²) in [6.45, 7) is 0. The first-order valence-electron chi connectivity index (χ1n) is 10.8. The number of nitrogens with zero attached hydrogens (tertiary/aromatic N) is 4. The van der Waals surface area contributed by atoms with Gasteiger partial charge in [-0.3, -0.25) is 9.36 Å². The first kappa shape index (κ1) is 21.4. The first-order chi connectivity index (χ1) is 16.2. The molecule has 164 valence electrons. The zero-order valence-corrected chi connectivity index (χ0v) is 19.5. The first-order valence-corrected chi connectivity index (χ1v) is 12.6. The number of aromatic nitrogens is 3. The third-order valence-electron chi connectivity index (χ3n) is 5.55. The number of rotatable bonds is 6. The topological polar surface area (TPSA) is 83.6 Å². The van der Waals surface area contributed by atoms with Crippen LogP contribution in [0.4, 0.5) is 5.00 Å². The second-order valence-electron chi connectivity index (χ2n) is 7.71. The molecule has 1 aliphatic rings. The Morgan fingerprint density at radius 3 is 2.55 bits per heavy atom. The van der Waals surface area contributed by atoms with Gasteiger partial charge in [0.2, 0.25) is 5.91 Å². The number of para-hydroxylation sites is 1. The van der Waals surface area contributed by atoms with Gasteiger partial charge in [0.15, 0.2) is 11.0 Å². The zero-order chi connectivity index (χ0) is 22.6. The molecule has 0 fully saturated rings. The van der Waals surface area contributed by atoms with E-state index in [4.69, 9.17) is 0 Å². The van der Waals surface area contributed by atoms with Gasteiger partial charge in [-0.25, -0.2) is 0 Å². The number of hydrogen-bond acceptors (Lipinski definition) is 6. The predicted octanol–water partition coefficient (Wildman–Crippen LogP) is 5.48. The number of nitriles is 1. The van der Waals surface area contributed by atoms with E-state index < -0.39 is 0 Å². The van der Waals surface area contributed by atoms with E-state index in [1.807, 2.05) is 65.2 Å². The molecule has 2 aromatic carbocycles. The Balaban J connectivity index is 1.37. The van der Waals surface area contributed by atoms with Gasteiger partial charge in [-0.05, 0) is 43.4 Å². The lowest BCUT2D eigenvalue weighted by atomic mass is 9.96. The highest BCUT2D eigenvalue weighted by molar-refractivity contribution is 7.99. The van der Waals surface area contributed by atoms with E-state index in [1.165, 1.54) is 16.6 Å². The van der Waals surface area contributed by atoms with E-state index in [1.54, 1.807) is 11.3 Å². The molecule has 1 amide bonds. The van der Waals surface area contributed by atoms with Crippen molar-refractivity contribution >= 4 is 34.0 Å². The van der Waals surface area contributed by atoms with Gasteiger partial charge in [0.05, 0.1) is 11.3 Å². The number of anilines is 1. The number of thiophene rings is 1. The summed E-state index contributed by atoms with van der Waals surface area (Å²) in [5.74, 6) is 0.745. The standard InChI is InChI=1S/C25H21N5OS2/c26-15-20-19-13-7-8-14-21(19)33-24(20)27-22(31)16-32-25-29-28-23(17-9-3-1-4-10-17)30(25)18-11-5-2-6-12-18/h1-6,9-12H,7-8,13-14,16H2,(H,27,31). The maximum atomic E-state index is 12.8. The van der Waals surface area contributed by atoms with E-state index in [0.717, 1.165) is 48.3 Å². The van der Waals surface area contributed by atoms with Crippen LogP contribution in [0.5, 0.6) is 0 Å². The van der Waals surface area contributed by atoms with Crippen LogP contribution in [-0.2, 0) is 17.6 Å². The molecular formula is C25H21N5OS2. The van der Waals surface area contributed by atoms with Gasteiger partial charge in [-0.15, -0.1) is 21.5 Å². The van der Waals surface area contributed by atoms with Crippen LogP contribution in [0.1, 0.15) is 28.8 Å². The minimum absolute atomic E-state index is 0.154. The van der Waals surface area contributed by atoms with Gasteiger partial charge in [-0.1, -0.05) is 60.3 Å². The highest BCUT2D eigenvalue weighted by Gasteiger charge is 2.22. The van der Waals surface area contributed by atoms with E-state index >= 15 is 0 Å². The molecule has 33 heavy (non-hydrogen) atoms. The smallest absolute Gasteiger partial charge is 0.235 e. The molecule has 2 aromatic heterocycles. The summed E-state index contributed by atoms with van der Waals surface area (Å²) in [5, 5.41) is 22.7. The van der Waals surface area contributed by atoms with Gasteiger partial charge in [0, 0.05) is 16.1 Å². The highest BCUT2D eigenvalue weighted by atomic mass is 32.2. The molecule has 5 rings (SSSR count). The number of carbonyl (C=O) groups is 1. The molecule has 1 aliphatic carbocycles. The fraction of sp³-hybridized carbons (Fsp3) is 0.200. The normalized spacial score (nSPS) is 12.7. The fourth-order valence-corrected chi connectivity index (χ4v) is 6.02. The molecule has 1 N–H and O–H groups in total. The van der Waals surface area contributed by atoms with Crippen LogP contribution in [0, 0.1) is 11.3 Å². The summed E-state index contributed by atoms with van der Waals surface area (Å²) >= 11 is 2.87. The fourth-order valence-electron chi connectivity index (χ4n) is 4.01.